The molecule has 0 amide bonds. The quantitative estimate of drug-likeness (QED) is 0.850. The number of nitrogens with one attached hydrogen (secondary N) is 1. The average Bonchev–Trinajstić information content (AvgIpc) is 3.02. The molecule has 1 unspecified atom stereocenters. The molecule has 1 aromatic heterocycles. The van der Waals surface area contributed by atoms with Crippen molar-refractivity contribution in [2.45, 2.75) is 13.0 Å². The van der Waals surface area contributed by atoms with Crippen molar-refractivity contribution < 1.29 is 9.90 Å². The molecular weight excluding hydrogens is 292 g/mol. The predicted molar refractivity (Wildman–Crippen MR) is 87.3 cm³/mol. The lowest BCUT2D eigenvalue weighted by Crippen LogP contribution is -2.22. The van der Waals surface area contributed by atoms with Gasteiger partial charge in [-0.15, -0.1) is 10.2 Å². The number of aromatic nitrogens is 2. The summed E-state index contributed by atoms with van der Waals surface area (Å²) in [7, 11) is 0. The molecule has 0 saturated carbocycles. The number of hydrogen-bond acceptors (Lipinski definition) is 5. The van der Waals surface area contributed by atoms with Gasteiger partial charge in [-0.2, -0.15) is 0 Å². The minimum Gasteiger partial charge on any atom is -0.476 e. The highest BCUT2D eigenvalue weighted by molar-refractivity contribution is 5.85. The first-order chi connectivity index (χ1) is 11.2. The molecule has 3 rings (SSSR count). The molecule has 1 aliphatic rings. The van der Waals surface area contributed by atoms with Crippen molar-refractivity contribution in [1.29, 1.82) is 0 Å². The average molecular weight is 312 g/mol. The lowest BCUT2D eigenvalue weighted by Gasteiger charge is -2.16. The standard InChI is InChI=1S/C17H20N4O2/c22-17(23)15-6-7-16(20-19-15)18-10-14-8-9-21(12-14)11-13-4-2-1-3-5-13/h1-7,14H,8-12H2,(H,18,20)(H,22,23). The zero-order valence-electron chi connectivity index (χ0n) is 12.9. The van der Waals surface area contributed by atoms with Crippen LogP contribution in [0, 0.1) is 5.92 Å². The van der Waals surface area contributed by atoms with Crippen molar-refractivity contribution in [1.82, 2.24) is 15.1 Å². The SMILES string of the molecule is O=C(O)c1ccc(NCC2CCN(Cc3ccccc3)C2)nn1. The van der Waals surface area contributed by atoms with Gasteiger partial charge in [0.1, 0.15) is 5.82 Å². The molecule has 2 N–H and O–H groups in total. The van der Waals surface area contributed by atoms with E-state index in [0.717, 1.165) is 32.6 Å². The van der Waals surface area contributed by atoms with E-state index in [0.29, 0.717) is 11.7 Å². The molecular formula is C17H20N4O2. The molecule has 0 aliphatic carbocycles. The molecule has 23 heavy (non-hydrogen) atoms. The minimum atomic E-state index is -1.06. The molecule has 2 aromatic rings. The molecule has 0 spiro atoms. The van der Waals surface area contributed by atoms with Crippen molar-refractivity contribution in [3.8, 4) is 0 Å². The maximum atomic E-state index is 10.7. The molecule has 6 nitrogen and oxygen atoms in total. The Bertz CT molecular complexity index is 645. The van der Waals surface area contributed by atoms with E-state index in [9.17, 15) is 4.79 Å². The number of carbonyl (C=O) groups is 1. The first-order valence-corrected chi connectivity index (χ1v) is 7.78. The number of benzene rings is 1. The Kier molecular flexibility index (Phi) is 4.83. The number of rotatable bonds is 6. The third-order valence-corrected chi connectivity index (χ3v) is 4.07. The summed E-state index contributed by atoms with van der Waals surface area (Å²) in [5.74, 6) is 0.132. The molecule has 1 atom stereocenters. The summed E-state index contributed by atoms with van der Waals surface area (Å²) >= 11 is 0. The maximum Gasteiger partial charge on any atom is 0.356 e. The fourth-order valence-corrected chi connectivity index (χ4v) is 2.85. The van der Waals surface area contributed by atoms with Gasteiger partial charge in [0.25, 0.3) is 0 Å². The molecule has 1 aromatic carbocycles. The summed E-state index contributed by atoms with van der Waals surface area (Å²) in [6.07, 6.45) is 1.15. The Morgan fingerprint density at radius 2 is 2.04 bits per heavy atom. The van der Waals surface area contributed by atoms with Gasteiger partial charge in [-0.3, -0.25) is 4.90 Å². The molecule has 6 heteroatoms. The van der Waals surface area contributed by atoms with E-state index in [4.69, 9.17) is 5.11 Å². The molecule has 1 saturated heterocycles. The van der Waals surface area contributed by atoms with E-state index >= 15 is 0 Å². The van der Waals surface area contributed by atoms with Crippen LogP contribution in [0.15, 0.2) is 42.5 Å². The van der Waals surface area contributed by atoms with Crippen LogP contribution in [0.25, 0.3) is 0 Å². The predicted octanol–water partition coefficient (Wildman–Crippen LogP) is 2.11. The lowest BCUT2D eigenvalue weighted by molar-refractivity contribution is 0.0689. The number of nitrogens with zero attached hydrogens (tertiary/aromatic N) is 3. The van der Waals surface area contributed by atoms with Gasteiger partial charge in [0.15, 0.2) is 5.69 Å². The second-order valence-corrected chi connectivity index (χ2v) is 5.87. The molecule has 0 radical (unpaired) electrons. The van der Waals surface area contributed by atoms with E-state index in [1.165, 1.54) is 11.6 Å². The van der Waals surface area contributed by atoms with Crippen LogP contribution in [0.4, 0.5) is 5.82 Å². The topological polar surface area (TPSA) is 78.4 Å². The summed E-state index contributed by atoms with van der Waals surface area (Å²) < 4.78 is 0. The monoisotopic (exact) mass is 312 g/mol. The molecule has 120 valence electrons. The first kappa shape index (κ1) is 15.4. The molecule has 1 aliphatic heterocycles. The van der Waals surface area contributed by atoms with E-state index in [2.05, 4.69) is 44.7 Å². The lowest BCUT2D eigenvalue weighted by atomic mass is 10.1. The van der Waals surface area contributed by atoms with Gasteiger partial charge in [-0.25, -0.2) is 4.79 Å². The van der Waals surface area contributed by atoms with Crippen LogP contribution in [0.5, 0.6) is 0 Å². The van der Waals surface area contributed by atoms with Crippen molar-refractivity contribution in [3.63, 3.8) is 0 Å². The highest BCUT2D eigenvalue weighted by Crippen LogP contribution is 2.19. The number of carboxylic acid groups (broad SMARTS) is 1. The van der Waals surface area contributed by atoms with Gasteiger partial charge in [-0.1, -0.05) is 30.3 Å². The van der Waals surface area contributed by atoms with E-state index in [1.54, 1.807) is 6.07 Å². The number of anilines is 1. The van der Waals surface area contributed by atoms with E-state index in [-0.39, 0.29) is 5.69 Å². The summed E-state index contributed by atoms with van der Waals surface area (Å²) in [6, 6.07) is 13.6. The van der Waals surface area contributed by atoms with Gasteiger partial charge in [0.2, 0.25) is 0 Å². The Balaban J connectivity index is 1.45. The summed E-state index contributed by atoms with van der Waals surface area (Å²) in [6.45, 7) is 3.98. The second-order valence-electron chi connectivity index (χ2n) is 5.87. The van der Waals surface area contributed by atoms with Crippen LogP contribution in [0.2, 0.25) is 0 Å². The third-order valence-electron chi connectivity index (χ3n) is 4.07. The molecule has 0 bridgehead atoms. The number of carboxylic acids is 1. The van der Waals surface area contributed by atoms with Crippen molar-refractivity contribution in [2.24, 2.45) is 5.92 Å². The smallest absolute Gasteiger partial charge is 0.356 e. The zero-order chi connectivity index (χ0) is 16.1. The summed E-state index contributed by atoms with van der Waals surface area (Å²) in [5, 5.41) is 19.6. The van der Waals surface area contributed by atoms with Gasteiger partial charge in [0.05, 0.1) is 0 Å². The van der Waals surface area contributed by atoms with Crippen molar-refractivity contribution >= 4 is 11.8 Å². The summed E-state index contributed by atoms with van der Waals surface area (Å²) in [5.41, 5.74) is 1.31. The Morgan fingerprint density at radius 1 is 1.22 bits per heavy atom. The Hall–Kier alpha value is -2.47. The van der Waals surface area contributed by atoms with Crippen LogP contribution < -0.4 is 5.32 Å². The second kappa shape index (κ2) is 7.19. The minimum absolute atomic E-state index is 0.0366. The Labute approximate surface area is 135 Å². The third kappa shape index (κ3) is 4.26. The molecule has 1 fully saturated rings. The largest absolute Gasteiger partial charge is 0.476 e. The van der Waals surface area contributed by atoms with Crippen LogP contribution >= 0.6 is 0 Å². The fourth-order valence-electron chi connectivity index (χ4n) is 2.85. The van der Waals surface area contributed by atoms with Crippen molar-refractivity contribution in [3.05, 3.63) is 53.7 Å². The van der Waals surface area contributed by atoms with E-state index in [1.807, 2.05) is 6.07 Å². The maximum absolute atomic E-state index is 10.7. The van der Waals surface area contributed by atoms with E-state index < -0.39 is 5.97 Å². The zero-order valence-corrected chi connectivity index (χ0v) is 12.9. The van der Waals surface area contributed by atoms with Crippen LogP contribution in [0.3, 0.4) is 0 Å². The number of hydrogen-bond donors (Lipinski definition) is 2. The van der Waals surface area contributed by atoms with Gasteiger partial charge in [0, 0.05) is 19.6 Å². The fraction of sp³-hybridized carbons (Fsp3) is 0.353. The van der Waals surface area contributed by atoms with Crippen LogP contribution in [0.1, 0.15) is 22.5 Å². The van der Waals surface area contributed by atoms with Crippen LogP contribution in [-0.2, 0) is 6.54 Å². The van der Waals surface area contributed by atoms with Gasteiger partial charge in [-0.05, 0) is 36.6 Å². The normalized spacial score (nSPS) is 18.0. The number of aromatic carboxylic acids is 1. The Morgan fingerprint density at radius 3 is 2.74 bits per heavy atom. The van der Waals surface area contributed by atoms with Gasteiger partial charge >= 0.3 is 5.97 Å². The molecule has 2 heterocycles. The number of likely N-dealkylation sites (tertiary alicyclic amines) is 1. The highest BCUT2D eigenvalue weighted by Gasteiger charge is 2.22. The van der Waals surface area contributed by atoms with Crippen molar-refractivity contribution in [2.75, 3.05) is 25.0 Å². The highest BCUT2D eigenvalue weighted by atomic mass is 16.4. The van der Waals surface area contributed by atoms with Gasteiger partial charge < -0.3 is 10.4 Å². The first-order valence-electron chi connectivity index (χ1n) is 7.78. The van der Waals surface area contributed by atoms with Crippen LogP contribution in [-0.4, -0.2) is 45.8 Å². The summed E-state index contributed by atoms with van der Waals surface area (Å²) in [4.78, 5) is 13.2.